The quantitative estimate of drug-likeness (QED) is 0.797. The van der Waals surface area contributed by atoms with Crippen LogP contribution < -0.4 is 5.32 Å². The molecule has 0 bridgehead atoms. The van der Waals surface area contributed by atoms with E-state index < -0.39 is 0 Å². The predicted octanol–water partition coefficient (Wildman–Crippen LogP) is 3.54. The van der Waals surface area contributed by atoms with Gasteiger partial charge >= 0.3 is 0 Å². The zero-order valence-electron chi connectivity index (χ0n) is 12.1. The van der Waals surface area contributed by atoms with Gasteiger partial charge in [-0.05, 0) is 37.6 Å². The molecule has 21 heavy (non-hydrogen) atoms. The van der Waals surface area contributed by atoms with E-state index in [1.54, 1.807) is 6.33 Å². The summed E-state index contributed by atoms with van der Waals surface area (Å²) in [5.74, 6) is -0.0487. The second-order valence-corrected chi connectivity index (χ2v) is 5.12. The predicted molar refractivity (Wildman–Crippen MR) is 84.3 cm³/mol. The molecule has 3 rings (SSSR count). The first-order chi connectivity index (χ1) is 10.2. The van der Waals surface area contributed by atoms with Crippen molar-refractivity contribution in [3.05, 3.63) is 60.4 Å². The van der Waals surface area contributed by atoms with E-state index in [0.29, 0.717) is 0 Å². The molecule has 0 saturated heterocycles. The molecule has 0 spiro atoms. The number of benzene rings is 2. The third kappa shape index (κ3) is 2.52. The highest BCUT2D eigenvalue weighted by Crippen LogP contribution is 2.20. The fraction of sp³-hybridized carbons (Fsp3) is 0.176. The molecule has 1 aromatic heterocycles. The van der Waals surface area contributed by atoms with Gasteiger partial charge in [0.1, 0.15) is 6.04 Å². The lowest BCUT2D eigenvalue weighted by atomic mass is 10.2. The normalized spacial score (nSPS) is 12.3. The average molecular weight is 279 g/mol. The Morgan fingerprint density at radius 2 is 1.86 bits per heavy atom. The summed E-state index contributed by atoms with van der Waals surface area (Å²) in [6.45, 7) is 3.86. The van der Waals surface area contributed by atoms with Gasteiger partial charge in [-0.2, -0.15) is 0 Å². The third-order valence-corrected chi connectivity index (χ3v) is 3.68. The van der Waals surface area contributed by atoms with Crippen molar-refractivity contribution in [3.8, 4) is 0 Å². The molecule has 0 saturated carbocycles. The number of nitrogens with one attached hydrogen (secondary N) is 1. The standard InChI is InChI=1S/C17H17N3O/c1-12-7-3-4-8-14(12)19-17(21)13(2)20-11-18-15-9-5-6-10-16(15)20/h3-11,13H,1-2H3,(H,19,21). The zero-order chi connectivity index (χ0) is 14.8. The van der Waals surface area contributed by atoms with E-state index in [1.165, 1.54) is 0 Å². The Hall–Kier alpha value is -2.62. The van der Waals surface area contributed by atoms with Gasteiger partial charge in [0.25, 0.3) is 0 Å². The lowest BCUT2D eigenvalue weighted by molar-refractivity contribution is -0.118. The van der Waals surface area contributed by atoms with Crippen LogP contribution in [0.4, 0.5) is 5.69 Å². The van der Waals surface area contributed by atoms with Crippen LogP contribution in [0.25, 0.3) is 11.0 Å². The van der Waals surface area contributed by atoms with Gasteiger partial charge in [-0.1, -0.05) is 30.3 Å². The molecule has 0 fully saturated rings. The van der Waals surface area contributed by atoms with Crippen molar-refractivity contribution in [1.29, 1.82) is 0 Å². The Balaban J connectivity index is 1.86. The maximum absolute atomic E-state index is 12.4. The Morgan fingerprint density at radius 1 is 1.14 bits per heavy atom. The minimum atomic E-state index is -0.322. The van der Waals surface area contributed by atoms with Gasteiger partial charge in [-0.25, -0.2) is 4.98 Å². The third-order valence-electron chi connectivity index (χ3n) is 3.68. The number of para-hydroxylation sites is 3. The second kappa shape index (κ2) is 5.40. The minimum absolute atomic E-state index is 0.0487. The molecule has 1 amide bonds. The topological polar surface area (TPSA) is 46.9 Å². The van der Waals surface area contributed by atoms with E-state index in [1.807, 2.05) is 66.9 Å². The number of fused-ring (bicyclic) bond motifs is 1. The van der Waals surface area contributed by atoms with Crippen LogP contribution >= 0.6 is 0 Å². The second-order valence-electron chi connectivity index (χ2n) is 5.12. The first-order valence-corrected chi connectivity index (χ1v) is 6.95. The van der Waals surface area contributed by atoms with E-state index in [0.717, 1.165) is 22.3 Å². The van der Waals surface area contributed by atoms with Gasteiger partial charge in [-0.3, -0.25) is 4.79 Å². The number of hydrogen-bond acceptors (Lipinski definition) is 2. The fourth-order valence-electron chi connectivity index (χ4n) is 2.36. The zero-order valence-corrected chi connectivity index (χ0v) is 12.1. The summed E-state index contributed by atoms with van der Waals surface area (Å²) in [6.07, 6.45) is 1.72. The van der Waals surface area contributed by atoms with Gasteiger partial charge < -0.3 is 9.88 Å². The van der Waals surface area contributed by atoms with E-state index in [4.69, 9.17) is 0 Å². The van der Waals surface area contributed by atoms with E-state index in [2.05, 4.69) is 10.3 Å². The van der Waals surface area contributed by atoms with Crippen LogP contribution in [0.3, 0.4) is 0 Å². The smallest absolute Gasteiger partial charge is 0.247 e. The van der Waals surface area contributed by atoms with Gasteiger partial charge in [0.2, 0.25) is 5.91 Å². The van der Waals surface area contributed by atoms with Crippen LogP contribution in [0.2, 0.25) is 0 Å². The van der Waals surface area contributed by atoms with E-state index in [9.17, 15) is 4.79 Å². The SMILES string of the molecule is Cc1ccccc1NC(=O)C(C)n1cnc2ccccc21. The molecule has 1 atom stereocenters. The van der Waals surface area contributed by atoms with Crippen LogP contribution in [0.15, 0.2) is 54.9 Å². The fourth-order valence-corrected chi connectivity index (χ4v) is 2.36. The number of amides is 1. The first kappa shape index (κ1) is 13.4. The van der Waals surface area contributed by atoms with Crippen molar-refractivity contribution in [2.45, 2.75) is 19.9 Å². The Morgan fingerprint density at radius 3 is 2.67 bits per heavy atom. The summed E-state index contributed by atoms with van der Waals surface area (Å²) in [4.78, 5) is 16.8. The lowest BCUT2D eigenvalue weighted by Crippen LogP contribution is -2.23. The molecule has 4 heteroatoms. The van der Waals surface area contributed by atoms with Gasteiger partial charge in [-0.15, -0.1) is 0 Å². The number of hydrogen-bond donors (Lipinski definition) is 1. The maximum Gasteiger partial charge on any atom is 0.247 e. The molecule has 106 valence electrons. The highest BCUT2D eigenvalue weighted by Gasteiger charge is 2.17. The molecule has 1 N–H and O–H groups in total. The van der Waals surface area contributed by atoms with Crippen LogP contribution in [0, 0.1) is 6.92 Å². The molecule has 1 unspecified atom stereocenters. The highest BCUT2D eigenvalue weighted by molar-refractivity contribution is 5.95. The summed E-state index contributed by atoms with van der Waals surface area (Å²) in [5.41, 5.74) is 3.75. The van der Waals surface area contributed by atoms with Gasteiger partial charge in [0, 0.05) is 5.69 Å². The highest BCUT2D eigenvalue weighted by atomic mass is 16.2. The summed E-state index contributed by atoms with van der Waals surface area (Å²) in [6, 6.07) is 15.2. The largest absolute Gasteiger partial charge is 0.324 e. The van der Waals surface area contributed by atoms with Gasteiger partial charge in [0.15, 0.2) is 0 Å². The molecule has 0 radical (unpaired) electrons. The number of rotatable bonds is 3. The van der Waals surface area contributed by atoms with Crippen LogP contribution in [-0.2, 0) is 4.79 Å². The number of aryl methyl sites for hydroxylation is 1. The summed E-state index contributed by atoms with van der Waals surface area (Å²) in [5, 5.41) is 2.98. The van der Waals surface area contributed by atoms with Crippen molar-refractivity contribution in [3.63, 3.8) is 0 Å². The molecule has 3 aromatic rings. The van der Waals surface area contributed by atoms with Crippen LogP contribution in [0.1, 0.15) is 18.5 Å². The molecular formula is C17H17N3O. The monoisotopic (exact) mass is 279 g/mol. The number of carbonyl (C=O) groups is 1. The van der Waals surface area contributed by atoms with Crippen molar-refractivity contribution in [2.75, 3.05) is 5.32 Å². The molecule has 0 aliphatic carbocycles. The minimum Gasteiger partial charge on any atom is -0.324 e. The Kier molecular flexibility index (Phi) is 3.44. The lowest BCUT2D eigenvalue weighted by Gasteiger charge is -2.15. The Bertz CT molecular complexity index is 791. The van der Waals surface area contributed by atoms with Crippen LogP contribution in [-0.4, -0.2) is 15.5 Å². The molecule has 1 heterocycles. The van der Waals surface area contributed by atoms with Crippen molar-refractivity contribution < 1.29 is 4.79 Å². The molecular weight excluding hydrogens is 262 g/mol. The molecule has 4 nitrogen and oxygen atoms in total. The van der Waals surface area contributed by atoms with E-state index >= 15 is 0 Å². The summed E-state index contributed by atoms with van der Waals surface area (Å²) < 4.78 is 1.89. The number of nitrogens with zero attached hydrogens (tertiary/aromatic N) is 2. The number of imidazole rings is 1. The van der Waals surface area contributed by atoms with Crippen LogP contribution in [0.5, 0.6) is 0 Å². The first-order valence-electron chi connectivity index (χ1n) is 6.95. The molecule has 0 aliphatic rings. The van der Waals surface area contributed by atoms with Gasteiger partial charge in [0.05, 0.1) is 17.4 Å². The summed E-state index contributed by atoms with van der Waals surface area (Å²) in [7, 11) is 0. The Labute approximate surface area is 123 Å². The number of carbonyl (C=O) groups excluding carboxylic acids is 1. The maximum atomic E-state index is 12.4. The molecule has 0 aliphatic heterocycles. The van der Waals surface area contributed by atoms with Crippen molar-refractivity contribution >= 4 is 22.6 Å². The molecule has 2 aromatic carbocycles. The van der Waals surface area contributed by atoms with E-state index in [-0.39, 0.29) is 11.9 Å². The number of aromatic nitrogens is 2. The number of anilines is 1. The van der Waals surface area contributed by atoms with Crippen molar-refractivity contribution in [1.82, 2.24) is 9.55 Å². The summed E-state index contributed by atoms with van der Waals surface area (Å²) >= 11 is 0. The average Bonchev–Trinajstić information content (AvgIpc) is 2.92. The van der Waals surface area contributed by atoms with Crippen molar-refractivity contribution in [2.24, 2.45) is 0 Å².